The molecule has 0 unspecified atom stereocenters. The quantitative estimate of drug-likeness (QED) is 0.738. The number of aromatic nitrogens is 2. The normalized spacial score (nSPS) is 17.6. The Kier molecular flexibility index (Phi) is 3.30. The third-order valence-electron chi connectivity index (χ3n) is 5.45. The topological polar surface area (TPSA) is 49.3 Å². The number of rotatable bonds is 3. The van der Waals surface area contributed by atoms with E-state index < -0.39 is 5.60 Å². The maximum absolute atomic E-state index is 10.2. The minimum atomic E-state index is -0.818. The molecule has 5 rings (SSSR count). The molecule has 1 aliphatic carbocycles. The van der Waals surface area contributed by atoms with Crippen molar-refractivity contribution in [2.45, 2.75) is 37.7 Å². The van der Waals surface area contributed by atoms with E-state index in [1.54, 1.807) is 25.2 Å². The predicted octanol–water partition coefficient (Wildman–Crippen LogP) is 4.62. The number of hydrogen-bond acceptors (Lipinski definition) is 5. The Bertz CT molecular complexity index is 967. The lowest BCUT2D eigenvalue weighted by molar-refractivity contribution is 0.0825. The van der Waals surface area contributed by atoms with E-state index in [1.165, 1.54) is 24.1 Å². The van der Waals surface area contributed by atoms with Gasteiger partial charge in [-0.15, -0.1) is 11.3 Å². The Balaban J connectivity index is 1.45. The number of para-hydroxylation sites is 1. The monoisotopic (exact) mass is 363 g/mol. The largest absolute Gasteiger partial charge is 0.385 e. The minimum absolute atomic E-state index is 0.327. The van der Waals surface area contributed by atoms with Crippen molar-refractivity contribution in [1.82, 2.24) is 9.97 Å². The number of hydrogen-bond donors (Lipinski definition) is 1. The van der Waals surface area contributed by atoms with Gasteiger partial charge < -0.3 is 10.0 Å². The van der Waals surface area contributed by atoms with E-state index in [-0.39, 0.29) is 0 Å². The predicted molar refractivity (Wildman–Crippen MR) is 105 cm³/mol. The first-order valence-corrected chi connectivity index (χ1v) is 9.80. The number of benzene rings is 1. The summed E-state index contributed by atoms with van der Waals surface area (Å²) in [6, 6.07) is 12.6. The zero-order valence-corrected chi connectivity index (χ0v) is 15.8. The second-order valence-corrected chi connectivity index (χ2v) is 8.96. The lowest BCUT2D eigenvalue weighted by Gasteiger charge is -2.17. The van der Waals surface area contributed by atoms with Gasteiger partial charge in [-0.3, -0.25) is 0 Å². The molecule has 4 nitrogen and oxygen atoms in total. The molecule has 5 heteroatoms. The highest BCUT2D eigenvalue weighted by atomic mass is 32.1. The van der Waals surface area contributed by atoms with Gasteiger partial charge in [0.05, 0.1) is 5.60 Å². The van der Waals surface area contributed by atoms with Crippen LogP contribution >= 0.6 is 11.3 Å². The van der Waals surface area contributed by atoms with Crippen LogP contribution < -0.4 is 4.90 Å². The Morgan fingerprint density at radius 1 is 1.08 bits per heavy atom. The smallest absolute Gasteiger partial charge is 0.229 e. The summed E-state index contributed by atoms with van der Waals surface area (Å²) in [5, 5.41) is 10.2. The molecule has 26 heavy (non-hydrogen) atoms. The molecule has 1 saturated carbocycles. The van der Waals surface area contributed by atoms with Crippen LogP contribution in [0.4, 0.5) is 11.6 Å². The van der Waals surface area contributed by atoms with Gasteiger partial charge in [-0.25, -0.2) is 9.97 Å². The van der Waals surface area contributed by atoms with Crippen LogP contribution in [0.1, 0.15) is 37.1 Å². The third kappa shape index (κ3) is 2.46. The first kappa shape index (κ1) is 16.0. The zero-order valence-electron chi connectivity index (χ0n) is 14.9. The summed E-state index contributed by atoms with van der Waals surface area (Å²) in [5.74, 6) is 0.768. The molecule has 0 bridgehead atoms. The van der Waals surface area contributed by atoms with Crippen molar-refractivity contribution in [2.24, 2.45) is 0 Å². The lowest BCUT2D eigenvalue weighted by atomic mass is 9.99. The van der Waals surface area contributed by atoms with E-state index in [4.69, 9.17) is 0 Å². The first-order chi connectivity index (χ1) is 12.5. The van der Waals surface area contributed by atoms with E-state index >= 15 is 0 Å². The molecule has 1 aromatic carbocycles. The molecule has 2 aromatic heterocycles. The lowest BCUT2D eigenvalue weighted by Crippen LogP contribution is -2.21. The Morgan fingerprint density at radius 3 is 2.46 bits per heavy atom. The second-order valence-electron chi connectivity index (χ2n) is 7.88. The van der Waals surface area contributed by atoms with Gasteiger partial charge in [-0.05, 0) is 50.5 Å². The average molecular weight is 363 g/mol. The average Bonchev–Trinajstić information content (AvgIpc) is 3.10. The Morgan fingerprint density at radius 2 is 1.81 bits per heavy atom. The van der Waals surface area contributed by atoms with E-state index in [0.29, 0.717) is 5.41 Å². The van der Waals surface area contributed by atoms with Gasteiger partial charge in [-0.1, -0.05) is 18.2 Å². The van der Waals surface area contributed by atoms with Crippen LogP contribution in [0.25, 0.3) is 10.4 Å². The molecule has 2 aliphatic rings. The van der Waals surface area contributed by atoms with Crippen molar-refractivity contribution in [2.75, 3.05) is 11.4 Å². The molecular formula is C21H21N3OS. The molecule has 1 fully saturated rings. The van der Waals surface area contributed by atoms with E-state index in [2.05, 4.69) is 39.1 Å². The van der Waals surface area contributed by atoms with Crippen molar-refractivity contribution in [3.8, 4) is 10.4 Å². The Hall–Kier alpha value is -2.24. The minimum Gasteiger partial charge on any atom is -0.385 e. The molecule has 0 amide bonds. The number of nitrogens with zero attached hydrogens (tertiary/aromatic N) is 3. The van der Waals surface area contributed by atoms with Crippen molar-refractivity contribution in [3.05, 3.63) is 59.2 Å². The van der Waals surface area contributed by atoms with Crippen LogP contribution in [0, 0.1) is 0 Å². The van der Waals surface area contributed by atoms with E-state index in [0.717, 1.165) is 27.8 Å². The molecule has 0 saturated heterocycles. The van der Waals surface area contributed by atoms with Crippen LogP contribution in [0.5, 0.6) is 0 Å². The molecular weight excluding hydrogens is 342 g/mol. The molecule has 0 radical (unpaired) electrons. The molecule has 1 aliphatic heterocycles. The summed E-state index contributed by atoms with van der Waals surface area (Å²) < 4.78 is 0. The molecule has 1 N–H and O–H groups in total. The number of thiophene rings is 1. The second kappa shape index (κ2) is 5.38. The van der Waals surface area contributed by atoms with E-state index in [9.17, 15) is 5.11 Å². The molecule has 3 aromatic rings. The van der Waals surface area contributed by atoms with Gasteiger partial charge >= 0.3 is 0 Å². The first-order valence-electron chi connectivity index (χ1n) is 8.98. The molecule has 3 heterocycles. The number of fused-ring (bicyclic) bond motifs is 2. The highest BCUT2D eigenvalue weighted by Gasteiger charge is 2.52. The van der Waals surface area contributed by atoms with Crippen molar-refractivity contribution < 1.29 is 5.11 Å². The summed E-state index contributed by atoms with van der Waals surface area (Å²) in [6.07, 6.45) is 6.30. The van der Waals surface area contributed by atoms with Crippen molar-refractivity contribution in [3.63, 3.8) is 0 Å². The van der Waals surface area contributed by atoms with Crippen LogP contribution in [-0.2, 0) is 11.0 Å². The fraction of sp³-hybridized carbons (Fsp3) is 0.333. The summed E-state index contributed by atoms with van der Waals surface area (Å²) in [4.78, 5) is 13.6. The van der Waals surface area contributed by atoms with Crippen LogP contribution in [0.2, 0.25) is 0 Å². The fourth-order valence-corrected chi connectivity index (χ4v) is 4.78. The summed E-state index contributed by atoms with van der Waals surface area (Å²) in [6.45, 7) is 4.59. The molecule has 1 spiro atoms. The maximum Gasteiger partial charge on any atom is 0.229 e. The van der Waals surface area contributed by atoms with Crippen LogP contribution in [-0.4, -0.2) is 21.6 Å². The van der Waals surface area contributed by atoms with Gasteiger partial charge in [0, 0.05) is 45.4 Å². The van der Waals surface area contributed by atoms with Crippen LogP contribution in [0.15, 0.2) is 48.8 Å². The molecule has 132 valence electrons. The zero-order chi connectivity index (χ0) is 17.9. The van der Waals surface area contributed by atoms with Gasteiger partial charge in [0.2, 0.25) is 5.95 Å². The van der Waals surface area contributed by atoms with Gasteiger partial charge in [0.1, 0.15) is 0 Å². The number of aliphatic hydroxyl groups is 1. The standard InChI is InChI=1S/C21H21N3OS/c1-20(2,25)18-8-7-17(26-18)14-11-22-19(23-12-14)24-13-21(9-10-21)15-5-3-4-6-16(15)24/h3-8,11-12,25H,9-10,13H2,1-2H3. The van der Waals surface area contributed by atoms with Gasteiger partial charge in [-0.2, -0.15) is 0 Å². The van der Waals surface area contributed by atoms with Crippen molar-refractivity contribution in [1.29, 1.82) is 0 Å². The summed E-state index contributed by atoms with van der Waals surface area (Å²) in [7, 11) is 0. The van der Waals surface area contributed by atoms with Crippen molar-refractivity contribution >= 4 is 23.0 Å². The highest BCUT2D eigenvalue weighted by Crippen LogP contribution is 2.57. The summed E-state index contributed by atoms with van der Waals surface area (Å²) in [5.41, 5.74) is 3.19. The van der Waals surface area contributed by atoms with Gasteiger partial charge in [0.15, 0.2) is 0 Å². The fourth-order valence-electron chi connectivity index (χ4n) is 3.80. The highest BCUT2D eigenvalue weighted by molar-refractivity contribution is 7.15. The third-order valence-corrected chi connectivity index (χ3v) is 6.90. The SMILES string of the molecule is CC(C)(O)c1ccc(-c2cnc(N3CC4(CC4)c4ccccc43)nc2)s1. The maximum atomic E-state index is 10.2. The Labute approximate surface area is 157 Å². The van der Waals surface area contributed by atoms with Gasteiger partial charge in [0.25, 0.3) is 0 Å². The summed E-state index contributed by atoms with van der Waals surface area (Å²) >= 11 is 1.59. The van der Waals surface area contributed by atoms with Crippen LogP contribution in [0.3, 0.4) is 0 Å². The number of anilines is 2. The molecule has 0 atom stereocenters. The van der Waals surface area contributed by atoms with E-state index in [1.807, 2.05) is 24.5 Å².